The van der Waals surface area contributed by atoms with Crippen molar-refractivity contribution in [3.05, 3.63) is 53.3 Å². The fourth-order valence-electron chi connectivity index (χ4n) is 2.01. The molecule has 0 radical (unpaired) electrons. The molecular weight excluding hydrogens is 315 g/mol. The number of benzene rings is 2. The first-order valence-corrected chi connectivity index (χ1v) is 7.07. The number of anilines is 1. The van der Waals surface area contributed by atoms with Crippen LogP contribution in [0.4, 0.5) is 10.1 Å². The van der Waals surface area contributed by atoms with Gasteiger partial charge in [-0.25, -0.2) is 4.39 Å². The summed E-state index contributed by atoms with van der Waals surface area (Å²) < 4.78 is 24.0. The number of rotatable bonds is 6. The quantitative estimate of drug-likeness (QED) is 0.849. The average molecular weight is 332 g/mol. The van der Waals surface area contributed by atoms with Gasteiger partial charge < -0.3 is 20.5 Å². The molecule has 0 spiro atoms. The van der Waals surface area contributed by atoms with Gasteiger partial charge >= 0.3 is 0 Å². The summed E-state index contributed by atoms with van der Waals surface area (Å²) in [5.41, 5.74) is 6.18. The molecular formula is C17H17FN2O4. The van der Waals surface area contributed by atoms with E-state index in [1.807, 2.05) is 0 Å². The van der Waals surface area contributed by atoms with Crippen LogP contribution in [0.25, 0.3) is 0 Å². The van der Waals surface area contributed by atoms with E-state index in [2.05, 4.69) is 5.32 Å². The van der Waals surface area contributed by atoms with Gasteiger partial charge in [-0.2, -0.15) is 0 Å². The Bertz CT molecular complexity index is 777. The van der Waals surface area contributed by atoms with E-state index in [-0.39, 0.29) is 29.4 Å². The fourth-order valence-corrected chi connectivity index (χ4v) is 2.01. The molecule has 2 aromatic rings. The van der Waals surface area contributed by atoms with Crippen LogP contribution in [0.15, 0.2) is 36.4 Å². The summed E-state index contributed by atoms with van der Waals surface area (Å²) in [6.07, 6.45) is 0. The molecule has 6 nitrogen and oxygen atoms in total. The van der Waals surface area contributed by atoms with E-state index in [9.17, 15) is 14.0 Å². The molecule has 0 fully saturated rings. The lowest BCUT2D eigenvalue weighted by molar-refractivity contribution is -0.119. The Balaban J connectivity index is 2.20. The predicted molar refractivity (Wildman–Crippen MR) is 86.8 cm³/mol. The Kier molecular flexibility index (Phi) is 5.36. The lowest BCUT2D eigenvalue weighted by atomic mass is 10.1. The SMILES string of the molecule is COc1cc(C(=O)Nc2cc(C)ccc2F)ccc1OCC(N)=O. The number of aryl methyl sites for hydroxylation is 1. The average Bonchev–Trinajstić information content (AvgIpc) is 2.56. The molecule has 126 valence electrons. The Morgan fingerprint density at radius 3 is 2.58 bits per heavy atom. The van der Waals surface area contributed by atoms with Crippen LogP contribution < -0.4 is 20.5 Å². The molecule has 0 aliphatic rings. The van der Waals surface area contributed by atoms with Gasteiger partial charge in [0.05, 0.1) is 12.8 Å². The number of nitrogens with two attached hydrogens (primary N) is 1. The Labute approximate surface area is 138 Å². The molecule has 0 atom stereocenters. The van der Waals surface area contributed by atoms with E-state index in [1.165, 1.54) is 37.4 Å². The third-order valence-corrected chi connectivity index (χ3v) is 3.17. The molecule has 24 heavy (non-hydrogen) atoms. The van der Waals surface area contributed by atoms with E-state index in [0.29, 0.717) is 0 Å². The lowest BCUT2D eigenvalue weighted by Gasteiger charge is -2.12. The summed E-state index contributed by atoms with van der Waals surface area (Å²) >= 11 is 0. The molecule has 0 heterocycles. The van der Waals surface area contributed by atoms with E-state index in [0.717, 1.165) is 5.56 Å². The molecule has 2 amide bonds. The minimum absolute atomic E-state index is 0.0908. The van der Waals surface area contributed by atoms with Crippen LogP contribution in [0.1, 0.15) is 15.9 Å². The van der Waals surface area contributed by atoms with Crippen molar-refractivity contribution in [3.63, 3.8) is 0 Å². The van der Waals surface area contributed by atoms with Gasteiger partial charge in [0.1, 0.15) is 5.82 Å². The zero-order valence-corrected chi connectivity index (χ0v) is 13.3. The van der Waals surface area contributed by atoms with Crippen molar-refractivity contribution in [2.75, 3.05) is 19.0 Å². The normalized spacial score (nSPS) is 10.1. The Morgan fingerprint density at radius 1 is 1.17 bits per heavy atom. The molecule has 2 aromatic carbocycles. The summed E-state index contributed by atoms with van der Waals surface area (Å²) in [5, 5.41) is 2.50. The smallest absolute Gasteiger partial charge is 0.255 e. The van der Waals surface area contributed by atoms with Gasteiger partial charge in [-0.05, 0) is 42.8 Å². The predicted octanol–water partition coefficient (Wildman–Crippen LogP) is 2.26. The second-order valence-corrected chi connectivity index (χ2v) is 5.06. The molecule has 3 N–H and O–H groups in total. The summed E-state index contributed by atoms with van der Waals surface area (Å²) in [5.74, 6) is -1.13. The molecule has 0 aliphatic heterocycles. The van der Waals surface area contributed by atoms with Gasteiger partial charge in [-0.1, -0.05) is 6.07 Å². The van der Waals surface area contributed by atoms with Gasteiger partial charge in [0.25, 0.3) is 11.8 Å². The van der Waals surface area contributed by atoms with Crippen molar-refractivity contribution in [2.24, 2.45) is 5.73 Å². The van der Waals surface area contributed by atoms with Crippen molar-refractivity contribution in [1.29, 1.82) is 0 Å². The molecule has 7 heteroatoms. The van der Waals surface area contributed by atoms with Crippen LogP contribution in [-0.2, 0) is 4.79 Å². The van der Waals surface area contributed by atoms with Crippen molar-refractivity contribution in [1.82, 2.24) is 0 Å². The molecule has 0 aromatic heterocycles. The molecule has 0 bridgehead atoms. The first kappa shape index (κ1) is 17.3. The monoisotopic (exact) mass is 332 g/mol. The zero-order chi connectivity index (χ0) is 17.7. The molecule has 2 rings (SSSR count). The van der Waals surface area contributed by atoms with E-state index in [1.54, 1.807) is 13.0 Å². The number of methoxy groups -OCH3 is 1. The van der Waals surface area contributed by atoms with Gasteiger partial charge in [0.15, 0.2) is 18.1 Å². The van der Waals surface area contributed by atoms with Crippen LogP contribution >= 0.6 is 0 Å². The molecule has 0 saturated carbocycles. The van der Waals surface area contributed by atoms with Gasteiger partial charge in [0.2, 0.25) is 0 Å². The van der Waals surface area contributed by atoms with E-state index >= 15 is 0 Å². The molecule has 0 unspecified atom stereocenters. The van der Waals surface area contributed by atoms with Crippen molar-refractivity contribution in [2.45, 2.75) is 6.92 Å². The van der Waals surface area contributed by atoms with Crippen LogP contribution in [0.2, 0.25) is 0 Å². The van der Waals surface area contributed by atoms with Gasteiger partial charge in [-0.15, -0.1) is 0 Å². The number of hydrogen-bond donors (Lipinski definition) is 2. The minimum Gasteiger partial charge on any atom is -0.493 e. The number of primary amides is 1. The third kappa shape index (κ3) is 4.22. The maximum absolute atomic E-state index is 13.7. The number of halogens is 1. The molecule has 0 saturated heterocycles. The van der Waals surface area contributed by atoms with Crippen LogP contribution in [0, 0.1) is 12.7 Å². The topological polar surface area (TPSA) is 90.7 Å². The number of ether oxygens (including phenoxy) is 2. The summed E-state index contributed by atoms with van der Waals surface area (Å²) in [6.45, 7) is 1.49. The number of carbonyl (C=O) groups is 2. The second kappa shape index (κ2) is 7.45. The third-order valence-electron chi connectivity index (χ3n) is 3.17. The van der Waals surface area contributed by atoms with Crippen molar-refractivity contribution < 1.29 is 23.5 Å². The largest absolute Gasteiger partial charge is 0.493 e. The summed E-state index contributed by atoms with van der Waals surface area (Å²) in [7, 11) is 1.40. The Morgan fingerprint density at radius 2 is 1.92 bits per heavy atom. The standard InChI is InChI=1S/C17H17FN2O4/c1-10-3-5-12(18)13(7-10)20-17(22)11-4-6-14(15(8-11)23-2)24-9-16(19)21/h3-8H,9H2,1-2H3,(H2,19,21)(H,20,22). The van der Waals surface area contributed by atoms with Crippen molar-refractivity contribution >= 4 is 17.5 Å². The van der Waals surface area contributed by atoms with Crippen LogP contribution in [-0.4, -0.2) is 25.5 Å². The zero-order valence-electron chi connectivity index (χ0n) is 13.3. The van der Waals surface area contributed by atoms with E-state index < -0.39 is 17.6 Å². The first-order valence-electron chi connectivity index (χ1n) is 7.07. The lowest BCUT2D eigenvalue weighted by Crippen LogP contribution is -2.20. The summed E-state index contributed by atoms with van der Waals surface area (Å²) in [6, 6.07) is 8.81. The van der Waals surface area contributed by atoms with Gasteiger partial charge in [-0.3, -0.25) is 9.59 Å². The highest BCUT2D eigenvalue weighted by atomic mass is 19.1. The maximum atomic E-state index is 13.7. The van der Waals surface area contributed by atoms with Crippen LogP contribution in [0.5, 0.6) is 11.5 Å². The number of amides is 2. The first-order chi connectivity index (χ1) is 11.4. The fraction of sp³-hybridized carbons (Fsp3) is 0.176. The highest BCUT2D eigenvalue weighted by Gasteiger charge is 2.13. The number of hydrogen-bond acceptors (Lipinski definition) is 4. The van der Waals surface area contributed by atoms with Crippen molar-refractivity contribution in [3.8, 4) is 11.5 Å². The summed E-state index contributed by atoms with van der Waals surface area (Å²) in [4.78, 5) is 23.0. The van der Waals surface area contributed by atoms with Gasteiger partial charge in [0, 0.05) is 5.56 Å². The van der Waals surface area contributed by atoms with E-state index in [4.69, 9.17) is 15.2 Å². The number of nitrogens with one attached hydrogen (secondary N) is 1. The van der Waals surface area contributed by atoms with Crippen LogP contribution in [0.3, 0.4) is 0 Å². The highest BCUT2D eigenvalue weighted by molar-refractivity contribution is 6.04. The number of carbonyl (C=O) groups excluding carboxylic acids is 2. The minimum atomic E-state index is -0.631. The second-order valence-electron chi connectivity index (χ2n) is 5.06. The molecule has 0 aliphatic carbocycles. The Hall–Kier alpha value is -3.09. The highest BCUT2D eigenvalue weighted by Crippen LogP contribution is 2.28. The maximum Gasteiger partial charge on any atom is 0.255 e.